The number of benzene rings is 1. The third-order valence-electron chi connectivity index (χ3n) is 3.52. The molecule has 148 valence electrons. The molecule has 2 aromatic rings. The molecule has 1 aromatic heterocycles. The fraction of sp³-hybridized carbons (Fsp3) is 0.429. The number of nitrogens with zero attached hydrogens (tertiary/aromatic N) is 2. The lowest BCUT2D eigenvalue weighted by Gasteiger charge is -2.23. The molecule has 0 bridgehead atoms. The first-order chi connectivity index (χ1) is 12.4. The number of para-hydroxylation sites is 1. The van der Waals surface area contributed by atoms with Crippen LogP contribution in [-0.4, -0.2) is 23.1 Å². The Labute approximate surface area is 180 Å². The number of guanidine groups is 1. The molecular weight excluding hydrogens is 451 g/mol. The van der Waals surface area contributed by atoms with Gasteiger partial charge in [0.1, 0.15) is 11.4 Å². The van der Waals surface area contributed by atoms with Gasteiger partial charge in [-0.05, 0) is 52.8 Å². The van der Waals surface area contributed by atoms with Crippen molar-refractivity contribution in [1.82, 2.24) is 15.6 Å². The summed E-state index contributed by atoms with van der Waals surface area (Å²) in [4.78, 5) is 9.21. The molecule has 2 N–H and O–H groups in total. The molecule has 0 amide bonds. The van der Waals surface area contributed by atoms with Gasteiger partial charge in [0.2, 0.25) is 0 Å². The maximum Gasteiger partial charge on any atom is 0.191 e. The Kier molecular flexibility index (Phi) is 9.55. The van der Waals surface area contributed by atoms with E-state index in [1.54, 1.807) is 0 Å². The summed E-state index contributed by atoms with van der Waals surface area (Å²) in [6.45, 7) is 12.2. The van der Waals surface area contributed by atoms with Crippen LogP contribution in [0.1, 0.15) is 44.6 Å². The molecule has 6 heteroatoms. The lowest BCUT2D eigenvalue weighted by atomic mass is 10.1. The first-order valence-electron chi connectivity index (χ1n) is 9.09. The Morgan fingerprint density at radius 1 is 1.07 bits per heavy atom. The van der Waals surface area contributed by atoms with Gasteiger partial charge in [-0.3, -0.25) is 4.98 Å². The Hall–Kier alpha value is -1.83. The van der Waals surface area contributed by atoms with Gasteiger partial charge in [-0.25, -0.2) is 4.99 Å². The molecule has 2 rings (SSSR count). The van der Waals surface area contributed by atoms with Gasteiger partial charge in [0, 0.05) is 17.8 Å². The summed E-state index contributed by atoms with van der Waals surface area (Å²) in [5, 5.41) is 6.61. The van der Waals surface area contributed by atoms with Crippen molar-refractivity contribution in [3.8, 4) is 5.75 Å². The van der Waals surface area contributed by atoms with Crippen LogP contribution in [-0.2, 0) is 13.1 Å². The Morgan fingerprint density at radius 2 is 1.81 bits per heavy atom. The molecule has 0 fully saturated rings. The maximum absolute atomic E-state index is 6.05. The Morgan fingerprint density at radius 3 is 2.48 bits per heavy atom. The molecule has 0 saturated carbocycles. The zero-order valence-electron chi connectivity index (χ0n) is 16.9. The second kappa shape index (κ2) is 11.1. The molecule has 1 aromatic carbocycles. The average Bonchev–Trinajstić information content (AvgIpc) is 2.57. The summed E-state index contributed by atoms with van der Waals surface area (Å²) in [6.07, 6.45) is 0. The molecule has 0 atom stereocenters. The predicted octanol–water partition coefficient (Wildman–Crippen LogP) is 4.44. The van der Waals surface area contributed by atoms with Gasteiger partial charge < -0.3 is 15.4 Å². The van der Waals surface area contributed by atoms with Crippen molar-refractivity contribution in [2.75, 3.05) is 6.54 Å². The van der Waals surface area contributed by atoms with E-state index in [1.165, 1.54) is 0 Å². The van der Waals surface area contributed by atoms with Crippen molar-refractivity contribution in [3.63, 3.8) is 0 Å². The monoisotopic (exact) mass is 482 g/mol. The van der Waals surface area contributed by atoms with E-state index < -0.39 is 0 Å². The van der Waals surface area contributed by atoms with E-state index in [2.05, 4.69) is 28.6 Å². The van der Waals surface area contributed by atoms with Crippen LogP contribution in [0.3, 0.4) is 0 Å². The zero-order chi connectivity index (χ0) is 19.0. The van der Waals surface area contributed by atoms with Crippen LogP contribution >= 0.6 is 24.0 Å². The quantitative estimate of drug-likeness (QED) is 0.363. The molecule has 0 saturated heterocycles. The van der Waals surface area contributed by atoms with E-state index >= 15 is 0 Å². The summed E-state index contributed by atoms with van der Waals surface area (Å²) >= 11 is 0. The number of ether oxygens (including phenoxy) is 1. The second-order valence-corrected chi connectivity index (χ2v) is 7.14. The predicted molar refractivity (Wildman–Crippen MR) is 123 cm³/mol. The first kappa shape index (κ1) is 23.2. The smallest absolute Gasteiger partial charge is 0.191 e. The minimum absolute atomic E-state index is 0. The van der Waals surface area contributed by atoms with E-state index in [1.807, 2.05) is 64.1 Å². The number of aromatic nitrogens is 1. The van der Waals surface area contributed by atoms with Gasteiger partial charge >= 0.3 is 0 Å². The van der Waals surface area contributed by atoms with Gasteiger partial charge in [-0.2, -0.15) is 0 Å². The van der Waals surface area contributed by atoms with Crippen molar-refractivity contribution < 1.29 is 4.74 Å². The molecule has 27 heavy (non-hydrogen) atoms. The first-order valence-corrected chi connectivity index (χ1v) is 9.09. The lowest BCUT2D eigenvalue weighted by molar-refractivity contribution is 0.129. The molecule has 0 spiro atoms. The fourth-order valence-electron chi connectivity index (χ4n) is 2.44. The number of rotatable bonds is 6. The van der Waals surface area contributed by atoms with Gasteiger partial charge in [-0.1, -0.05) is 24.3 Å². The topological polar surface area (TPSA) is 58.5 Å². The van der Waals surface area contributed by atoms with Crippen LogP contribution in [0.5, 0.6) is 5.75 Å². The Balaban J connectivity index is 0.00000364. The number of halogens is 1. The van der Waals surface area contributed by atoms with Crippen LogP contribution in [0, 0.1) is 6.92 Å². The van der Waals surface area contributed by atoms with E-state index in [0.717, 1.165) is 35.2 Å². The number of aliphatic imine (C=N–C) groups is 1. The number of hydrogen-bond acceptors (Lipinski definition) is 3. The van der Waals surface area contributed by atoms with Crippen LogP contribution < -0.4 is 15.4 Å². The molecule has 1 heterocycles. The summed E-state index contributed by atoms with van der Waals surface area (Å²) in [6, 6.07) is 14.1. The van der Waals surface area contributed by atoms with Crippen molar-refractivity contribution in [2.24, 2.45) is 4.99 Å². The highest BCUT2D eigenvalue weighted by Crippen LogP contribution is 2.23. The van der Waals surface area contributed by atoms with Gasteiger partial charge in [-0.15, -0.1) is 24.0 Å². The molecule has 0 radical (unpaired) electrons. The van der Waals surface area contributed by atoms with Crippen LogP contribution in [0.2, 0.25) is 0 Å². The summed E-state index contributed by atoms with van der Waals surface area (Å²) in [5.41, 5.74) is 2.83. The summed E-state index contributed by atoms with van der Waals surface area (Å²) in [7, 11) is 0. The molecule has 0 aliphatic carbocycles. The van der Waals surface area contributed by atoms with Crippen LogP contribution in [0.25, 0.3) is 0 Å². The lowest BCUT2D eigenvalue weighted by Crippen LogP contribution is -2.37. The molecule has 0 unspecified atom stereocenters. The van der Waals surface area contributed by atoms with Crippen molar-refractivity contribution >= 4 is 29.9 Å². The molecule has 0 aliphatic heterocycles. The maximum atomic E-state index is 6.05. The van der Waals surface area contributed by atoms with E-state index in [-0.39, 0.29) is 29.6 Å². The highest BCUT2D eigenvalue weighted by Gasteiger charge is 2.14. The van der Waals surface area contributed by atoms with Crippen molar-refractivity contribution in [1.29, 1.82) is 0 Å². The molecule has 0 aliphatic rings. The number of hydrogen-bond donors (Lipinski definition) is 2. The van der Waals surface area contributed by atoms with E-state index in [4.69, 9.17) is 9.73 Å². The third kappa shape index (κ3) is 8.60. The van der Waals surface area contributed by atoms with Crippen LogP contribution in [0.15, 0.2) is 47.5 Å². The van der Waals surface area contributed by atoms with E-state index in [9.17, 15) is 0 Å². The molecular formula is C21H31IN4O. The SMILES string of the molecule is CCNC(=NCc1ccccc1OC(C)(C)C)NCc1cccc(C)n1.I. The number of nitrogens with one attached hydrogen (secondary N) is 2. The standard InChI is InChI=1S/C21H30N4O.HI/c1-6-22-20(24-15-18-12-9-10-16(2)25-18)23-14-17-11-7-8-13-19(17)26-21(3,4)5;/h7-13H,6,14-15H2,1-5H3,(H2,22,23,24);1H. The second-order valence-electron chi connectivity index (χ2n) is 7.14. The molecule has 5 nitrogen and oxygen atoms in total. The minimum atomic E-state index is -0.237. The minimum Gasteiger partial charge on any atom is -0.488 e. The summed E-state index contributed by atoms with van der Waals surface area (Å²) < 4.78 is 6.05. The van der Waals surface area contributed by atoms with Crippen LogP contribution in [0.4, 0.5) is 0 Å². The largest absolute Gasteiger partial charge is 0.488 e. The van der Waals surface area contributed by atoms with Crippen molar-refractivity contribution in [3.05, 3.63) is 59.4 Å². The van der Waals surface area contributed by atoms with Gasteiger partial charge in [0.05, 0.1) is 18.8 Å². The van der Waals surface area contributed by atoms with Crippen molar-refractivity contribution in [2.45, 2.75) is 53.3 Å². The zero-order valence-corrected chi connectivity index (χ0v) is 19.2. The Bertz CT molecular complexity index is 741. The fourth-order valence-corrected chi connectivity index (χ4v) is 2.44. The van der Waals surface area contributed by atoms with Gasteiger partial charge in [0.25, 0.3) is 0 Å². The number of aryl methyl sites for hydroxylation is 1. The third-order valence-corrected chi connectivity index (χ3v) is 3.52. The van der Waals surface area contributed by atoms with E-state index in [0.29, 0.717) is 13.1 Å². The highest BCUT2D eigenvalue weighted by atomic mass is 127. The summed E-state index contributed by atoms with van der Waals surface area (Å²) in [5.74, 6) is 1.64. The normalized spacial score (nSPS) is 11.5. The van der Waals surface area contributed by atoms with Gasteiger partial charge in [0.15, 0.2) is 5.96 Å². The average molecular weight is 482 g/mol. The highest BCUT2D eigenvalue weighted by molar-refractivity contribution is 14.0. The number of pyridine rings is 1.